The Balaban J connectivity index is 3.28. The van der Waals surface area contributed by atoms with Gasteiger partial charge in [0.1, 0.15) is 5.82 Å². The van der Waals surface area contributed by atoms with E-state index in [0.29, 0.717) is 0 Å². The Bertz CT molecular complexity index is 395. The molecular formula is C12H21N3O. The molecule has 0 saturated carbocycles. The predicted molar refractivity (Wildman–Crippen MR) is 66.8 cm³/mol. The van der Waals surface area contributed by atoms with Gasteiger partial charge in [-0.25, -0.2) is 9.78 Å². The molecule has 0 saturated heterocycles. The fourth-order valence-electron chi connectivity index (χ4n) is 2.22. The van der Waals surface area contributed by atoms with Crippen molar-refractivity contribution in [2.24, 2.45) is 0 Å². The lowest BCUT2D eigenvalue weighted by atomic mass is 9.96. The summed E-state index contributed by atoms with van der Waals surface area (Å²) in [5, 5.41) is 0. The first-order valence-corrected chi connectivity index (χ1v) is 5.48. The summed E-state index contributed by atoms with van der Waals surface area (Å²) >= 11 is 0. The minimum Gasteiger partial charge on any atom is -0.348 e. The molecule has 0 aliphatic carbocycles. The standard InChI is InChI=1S/C12H21N3O/c1-11(2,3)15(12(4,5)6)9-7-8-13-10(16)14-9/h7-8H,1-6H3,(H,13,14,16). The number of nitrogens with one attached hydrogen (secondary N) is 1. The van der Waals surface area contributed by atoms with E-state index in [2.05, 4.69) is 56.4 Å². The van der Waals surface area contributed by atoms with Gasteiger partial charge in [0.25, 0.3) is 0 Å². The minimum absolute atomic E-state index is 0.0669. The SMILES string of the molecule is CC(C)(C)N(c1ccnc(=O)[nH]1)C(C)(C)C. The monoisotopic (exact) mass is 223 g/mol. The number of hydrogen-bond donors (Lipinski definition) is 1. The highest BCUT2D eigenvalue weighted by Crippen LogP contribution is 2.29. The van der Waals surface area contributed by atoms with Crippen molar-refractivity contribution >= 4 is 5.82 Å². The van der Waals surface area contributed by atoms with Crippen LogP contribution in [-0.2, 0) is 0 Å². The van der Waals surface area contributed by atoms with Crippen molar-refractivity contribution in [2.45, 2.75) is 52.6 Å². The van der Waals surface area contributed by atoms with Crippen molar-refractivity contribution in [2.75, 3.05) is 4.90 Å². The molecule has 0 radical (unpaired) electrons. The van der Waals surface area contributed by atoms with E-state index in [1.165, 1.54) is 0 Å². The highest BCUT2D eigenvalue weighted by molar-refractivity contribution is 5.43. The van der Waals surface area contributed by atoms with Crippen molar-refractivity contribution in [3.05, 3.63) is 22.7 Å². The van der Waals surface area contributed by atoms with Gasteiger partial charge >= 0.3 is 5.69 Å². The topological polar surface area (TPSA) is 49.0 Å². The number of rotatable bonds is 1. The molecule has 0 amide bonds. The summed E-state index contributed by atoms with van der Waals surface area (Å²) in [5.74, 6) is 0.806. The van der Waals surface area contributed by atoms with Gasteiger partial charge in [0, 0.05) is 17.3 Å². The molecule has 0 aliphatic heterocycles. The van der Waals surface area contributed by atoms with Gasteiger partial charge in [-0.1, -0.05) is 0 Å². The Labute approximate surface area is 96.7 Å². The molecule has 16 heavy (non-hydrogen) atoms. The Morgan fingerprint density at radius 1 is 1.12 bits per heavy atom. The third-order valence-corrected chi connectivity index (χ3v) is 2.24. The van der Waals surface area contributed by atoms with Crippen molar-refractivity contribution in [1.29, 1.82) is 0 Å². The molecule has 0 spiro atoms. The van der Waals surface area contributed by atoms with Gasteiger partial charge < -0.3 is 4.90 Å². The zero-order valence-corrected chi connectivity index (χ0v) is 11.0. The summed E-state index contributed by atoms with van der Waals surface area (Å²) in [7, 11) is 0. The fraction of sp³-hybridized carbons (Fsp3) is 0.667. The zero-order valence-electron chi connectivity index (χ0n) is 11.0. The molecule has 4 nitrogen and oxygen atoms in total. The molecule has 0 unspecified atom stereocenters. The highest BCUT2D eigenvalue weighted by atomic mass is 16.1. The number of hydrogen-bond acceptors (Lipinski definition) is 3. The Kier molecular flexibility index (Phi) is 3.13. The molecule has 1 aromatic rings. The van der Waals surface area contributed by atoms with Crippen LogP contribution in [0.1, 0.15) is 41.5 Å². The van der Waals surface area contributed by atoms with E-state index < -0.39 is 0 Å². The van der Waals surface area contributed by atoms with Crippen LogP contribution >= 0.6 is 0 Å². The lowest BCUT2D eigenvalue weighted by Crippen LogP contribution is -2.53. The quantitative estimate of drug-likeness (QED) is 0.793. The first-order valence-electron chi connectivity index (χ1n) is 5.48. The molecule has 0 aliphatic rings. The summed E-state index contributed by atoms with van der Waals surface area (Å²) in [5.41, 5.74) is -0.443. The molecule has 90 valence electrons. The number of nitrogens with zero attached hydrogens (tertiary/aromatic N) is 2. The average molecular weight is 223 g/mol. The van der Waals surface area contributed by atoms with Gasteiger partial charge in [-0.2, -0.15) is 0 Å². The van der Waals surface area contributed by atoms with Gasteiger partial charge in [0.05, 0.1) is 0 Å². The molecule has 1 aromatic heterocycles. The summed E-state index contributed by atoms with van der Waals surface area (Å²) in [6, 6.07) is 1.83. The molecule has 4 heteroatoms. The first kappa shape index (κ1) is 12.7. The van der Waals surface area contributed by atoms with E-state index in [-0.39, 0.29) is 16.8 Å². The van der Waals surface area contributed by atoms with E-state index in [0.717, 1.165) is 5.82 Å². The van der Waals surface area contributed by atoms with Crippen LogP contribution in [0.2, 0.25) is 0 Å². The molecule has 0 fully saturated rings. The molecule has 1 rings (SSSR count). The lowest BCUT2D eigenvalue weighted by Gasteiger charge is -2.46. The van der Waals surface area contributed by atoms with Crippen LogP contribution < -0.4 is 10.6 Å². The van der Waals surface area contributed by atoms with Gasteiger partial charge in [-0.15, -0.1) is 0 Å². The molecule has 0 bridgehead atoms. The van der Waals surface area contributed by atoms with Crippen LogP contribution in [0.3, 0.4) is 0 Å². The molecule has 0 aromatic carbocycles. The van der Waals surface area contributed by atoms with E-state index in [1.54, 1.807) is 6.20 Å². The Morgan fingerprint density at radius 3 is 2.00 bits per heavy atom. The number of anilines is 1. The van der Waals surface area contributed by atoms with E-state index >= 15 is 0 Å². The summed E-state index contributed by atoms with van der Waals surface area (Å²) in [6.45, 7) is 12.7. The predicted octanol–water partition coefficient (Wildman–Crippen LogP) is 2.17. The average Bonchev–Trinajstić information content (AvgIpc) is 1.97. The smallest absolute Gasteiger partial charge is 0.346 e. The summed E-state index contributed by atoms with van der Waals surface area (Å²) in [6.07, 6.45) is 1.54. The van der Waals surface area contributed by atoms with Crippen molar-refractivity contribution < 1.29 is 0 Å². The van der Waals surface area contributed by atoms with Crippen LogP contribution in [0, 0.1) is 0 Å². The third-order valence-electron chi connectivity index (χ3n) is 2.24. The van der Waals surface area contributed by atoms with Crippen molar-refractivity contribution in [1.82, 2.24) is 9.97 Å². The van der Waals surface area contributed by atoms with Gasteiger partial charge in [-0.05, 0) is 47.6 Å². The second-order valence-corrected chi connectivity index (χ2v) is 5.94. The van der Waals surface area contributed by atoms with Crippen molar-refractivity contribution in [3.8, 4) is 0 Å². The summed E-state index contributed by atoms with van der Waals surface area (Å²) in [4.78, 5) is 19.9. The maximum absolute atomic E-state index is 11.3. The minimum atomic E-state index is -0.309. The number of aromatic amines is 1. The fourth-order valence-corrected chi connectivity index (χ4v) is 2.22. The van der Waals surface area contributed by atoms with Crippen LogP contribution in [0.25, 0.3) is 0 Å². The zero-order chi connectivity index (χ0) is 12.6. The van der Waals surface area contributed by atoms with Crippen LogP contribution in [0.4, 0.5) is 5.82 Å². The maximum atomic E-state index is 11.3. The van der Waals surface area contributed by atoms with E-state index in [1.807, 2.05) is 6.07 Å². The normalized spacial score (nSPS) is 12.6. The second kappa shape index (κ2) is 3.92. The van der Waals surface area contributed by atoms with Gasteiger partial charge in [0.2, 0.25) is 0 Å². The van der Waals surface area contributed by atoms with E-state index in [4.69, 9.17) is 0 Å². The summed E-state index contributed by atoms with van der Waals surface area (Å²) < 4.78 is 0. The van der Waals surface area contributed by atoms with Gasteiger partial charge in [0.15, 0.2) is 0 Å². The van der Waals surface area contributed by atoms with Crippen LogP contribution in [0.5, 0.6) is 0 Å². The molecular weight excluding hydrogens is 202 g/mol. The van der Waals surface area contributed by atoms with Gasteiger partial charge in [-0.3, -0.25) is 4.98 Å². The number of aromatic nitrogens is 2. The molecule has 0 atom stereocenters. The molecule has 1 heterocycles. The Morgan fingerprint density at radius 2 is 1.62 bits per heavy atom. The first-order chi connectivity index (χ1) is 7.12. The lowest BCUT2D eigenvalue weighted by molar-refractivity contribution is 0.376. The molecule has 1 N–H and O–H groups in total. The van der Waals surface area contributed by atoms with Crippen LogP contribution in [0.15, 0.2) is 17.1 Å². The van der Waals surface area contributed by atoms with E-state index in [9.17, 15) is 4.79 Å². The number of H-pyrrole nitrogens is 1. The van der Waals surface area contributed by atoms with Crippen LogP contribution in [-0.4, -0.2) is 21.0 Å². The largest absolute Gasteiger partial charge is 0.348 e. The maximum Gasteiger partial charge on any atom is 0.346 e. The highest BCUT2D eigenvalue weighted by Gasteiger charge is 2.32. The van der Waals surface area contributed by atoms with Crippen molar-refractivity contribution in [3.63, 3.8) is 0 Å². The second-order valence-electron chi connectivity index (χ2n) is 5.94. The third kappa shape index (κ3) is 2.84. The Hall–Kier alpha value is -1.32.